The number of hydrogen-bond acceptors (Lipinski definition) is 3. The molecule has 1 spiro atoms. The van der Waals surface area contributed by atoms with Crippen LogP contribution >= 0.6 is 0 Å². The van der Waals surface area contributed by atoms with Gasteiger partial charge in [0, 0.05) is 31.4 Å². The van der Waals surface area contributed by atoms with E-state index in [-0.39, 0.29) is 11.8 Å². The molecule has 112 valence electrons. The van der Waals surface area contributed by atoms with Crippen molar-refractivity contribution < 1.29 is 11.0 Å². The van der Waals surface area contributed by atoms with Gasteiger partial charge < -0.3 is 10.2 Å². The monoisotopic (exact) mass is 298 g/mol. The number of carbonyl (C=O) groups is 2. The van der Waals surface area contributed by atoms with E-state index in [1.165, 1.54) is 6.20 Å². The van der Waals surface area contributed by atoms with Crippen molar-refractivity contribution in [1.82, 2.24) is 19.8 Å². The number of carbonyl (C=O) groups excluding carboxylic acids is 2. The Morgan fingerprint density at radius 1 is 1.55 bits per heavy atom. The van der Waals surface area contributed by atoms with Gasteiger partial charge in [0.15, 0.2) is 0 Å². The number of nitrogens with one attached hydrogen (secondary N) is 1. The molecule has 2 saturated heterocycles. The second kappa shape index (κ2) is 4.43. The fraction of sp³-hybridized carbons (Fsp3) is 0.312. The molecule has 2 aliphatic heterocycles. The standard InChI is InChI=1S/C16H16N4O2/c1-11-8-16(15(22)18-11)5-7-19(10-16)14(21)12-9-17-20-6-3-2-4-13(12)20/h2-4,6,9H,1,5,7-8,10H2,(H,18,22)/i2T. The number of aromatic nitrogens is 2. The minimum Gasteiger partial charge on any atom is -0.337 e. The van der Waals surface area contributed by atoms with E-state index >= 15 is 0 Å². The second-order valence-corrected chi connectivity index (χ2v) is 6.01. The SMILES string of the molecule is [3H]c1ccn2ncc(C(=O)N3CCC4(CC(=C)NC4=O)C3)c2c1. The van der Waals surface area contributed by atoms with Crippen LogP contribution in [0.3, 0.4) is 0 Å². The maximum Gasteiger partial charge on any atom is 0.257 e. The van der Waals surface area contributed by atoms with Crippen LogP contribution in [0.4, 0.5) is 0 Å². The lowest BCUT2D eigenvalue weighted by molar-refractivity contribution is -0.126. The molecule has 22 heavy (non-hydrogen) atoms. The lowest BCUT2D eigenvalue weighted by Gasteiger charge is -2.20. The lowest BCUT2D eigenvalue weighted by atomic mass is 9.85. The van der Waals surface area contributed by atoms with Gasteiger partial charge in [0.25, 0.3) is 5.91 Å². The molecule has 2 aromatic rings. The van der Waals surface area contributed by atoms with E-state index in [9.17, 15) is 9.59 Å². The summed E-state index contributed by atoms with van der Waals surface area (Å²) < 4.78 is 9.30. The first-order chi connectivity index (χ1) is 11.0. The van der Waals surface area contributed by atoms with E-state index in [2.05, 4.69) is 17.0 Å². The van der Waals surface area contributed by atoms with Gasteiger partial charge in [-0.05, 0) is 18.6 Å². The first-order valence-electron chi connectivity index (χ1n) is 7.71. The van der Waals surface area contributed by atoms with E-state index in [1.807, 2.05) is 0 Å². The van der Waals surface area contributed by atoms with Crippen LogP contribution in [0.2, 0.25) is 0 Å². The molecule has 0 aromatic carbocycles. The Balaban J connectivity index is 1.64. The average Bonchev–Trinajstić information content (AvgIpc) is 3.17. The highest BCUT2D eigenvalue weighted by Gasteiger charge is 2.50. The molecule has 4 rings (SSSR count). The number of amides is 2. The first kappa shape index (κ1) is 12.0. The van der Waals surface area contributed by atoms with Crippen molar-refractivity contribution in [3.8, 4) is 0 Å². The summed E-state index contributed by atoms with van der Waals surface area (Å²) in [5.74, 6) is -0.182. The average molecular weight is 298 g/mol. The maximum atomic E-state index is 12.8. The van der Waals surface area contributed by atoms with Gasteiger partial charge >= 0.3 is 0 Å². The van der Waals surface area contributed by atoms with Crippen LogP contribution in [0.15, 0.2) is 42.8 Å². The van der Waals surface area contributed by atoms with Crippen LogP contribution < -0.4 is 5.32 Å². The van der Waals surface area contributed by atoms with Crippen LogP contribution in [0.5, 0.6) is 0 Å². The third kappa shape index (κ3) is 1.76. The normalized spacial score (nSPS) is 25.1. The molecule has 2 aromatic heterocycles. The number of fused-ring (bicyclic) bond motifs is 1. The van der Waals surface area contributed by atoms with E-state index < -0.39 is 5.41 Å². The Kier molecular flexibility index (Phi) is 2.41. The minimum absolute atomic E-state index is 0.0360. The molecule has 0 bridgehead atoms. The van der Waals surface area contributed by atoms with E-state index in [0.717, 1.165) is 5.70 Å². The molecular weight excluding hydrogens is 280 g/mol. The lowest BCUT2D eigenvalue weighted by Crippen LogP contribution is -2.36. The van der Waals surface area contributed by atoms with Crippen LogP contribution in [0.25, 0.3) is 5.52 Å². The highest BCUT2D eigenvalue weighted by Crippen LogP contribution is 2.40. The van der Waals surface area contributed by atoms with Crippen molar-refractivity contribution in [1.29, 1.82) is 0 Å². The number of hydrogen-bond donors (Lipinski definition) is 1. The Labute approximate surface area is 128 Å². The summed E-state index contributed by atoms with van der Waals surface area (Å²) in [7, 11) is 0. The van der Waals surface area contributed by atoms with E-state index in [0.29, 0.717) is 43.1 Å². The van der Waals surface area contributed by atoms with Crippen LogP contribution in [0.1, 0.15) is 24.6 Å². The summed E-state index contributed by atoms with van der Waals surface area (Å²) in [6.07, 6.45) is 4.41. The van der Waals surface area contributed by atoms with Gasteiger partial charge in [-0.15, -0.1) is 0 Å². The molecule has 6 nitrogen and oxygen atoms in total. The molecule has 0 saturated carbocycles. The summed E-state index contributed by atoms with van der Waals surface area (Å²) in [6.45, 7) is 4.76. The Morgan fingerprint density at radius 3 is 3.18 bits per heavy atom. The van der Waals surface area contributed by atoms with Gasteiger partial charge in [0.1, 0.15) is 0 Å². The summed E-state index contributed by atoms with van der Waals surface area (Å²) in [5, 5.41) is 6.93. The van der Waals surface area contributed by atoms with Crippen molar-refractivity contribution in [2.45, 2.75) is 12.8 Å². The molecule has 1 N–H and O–H groups in total. The first-order valence-corrected chi connectivity index (χ1v) is 7.21. The largest absolute Gasteiger partial charge is 0.337 e. The highest BCUT2D eigenvalue weighted by atomic mass is 16.2. The molecule has 4 heterocycles. The minimum atomic E-state index is -0.531. The molecule has 2 amide bonds. The Morgan fingerprint density at radius 2 is 2.41 bits per heavy atom. The van der Waals surface area contributed by atoms with Gasteiger partial charge in [0.05, 0.1) is 24.1 Å². The molecular formula is C16H16N4O2. The third-order valence-electron chi connectivity index (χ3n) is 4.56. The molecule has 6 heteroatoms. The summed E-state index contributed by atoms with van der Waals surface area (Å²) in [5.41, 5.74) is 1.27. The van der Waals surface area contributed by atoms with Gasteiger partial charge in [-0.2, -0.15) is 5.10 Å². The molecule has 2 fully saturated rings. The maximum absolute atomic E-state index is 12.8. The molecule has 1 unspecified atom stereocenters. The molecule has 0 radical (unpaired) electrons. The van der Waals surface area contributed by atoms with Crippen molar-refractivity contribution in [3.05, 3.63) is 48.4 Å². The van der Waals surface area contributed by atoms with Crippen molar-refractivity contribution in [2.75, 3.05) is 13.1 Å². The van der Waals surface area contributed by atoms with Crippen LogP contribution in [0, 0.1) is 5.41 Å². The number of rotatable bonds is 1. The summed E-state index contributed by atoms with van der Waals surface area (Å²) in [6, 6.07) is 3.57. The third-order valence-corrected chi connectivity index (χ3v) is 4.56. The summed E-state index contributed by atoms with van der Waals surface area (Å²) in [4.78, 5) is 26.7. The summed E-state index contributed by atoms with van der Waals surface area (Å²) >= 11 is 0. The van der Waals surface area contributed by atoms with Crippen molar-refractivity contribution in [3.63, 3.8) is 0 Å². The van der Waals surface area contributed by atoms with Gasteiger partial charge in [-0.3, -0.25) is 9.59 Å². The Hall–Kier alpha value is -2.63. The van der Waals surface area contributed by atoms with Crippen molar-refractivity contribution in [2.24, 2.45) is 5.41 Å². The highest BCUT2D eigenvalue weighted by molar-refractivity contribution is 6.01. The number of nitrogens with zero attached hydrogens (tertiary/aromatic N) is 3. The molecule has 2 aliphatic rings. The molecule has 0 aliphatic carbocycles. The van der Waals surface area contributed by atoms with Crippen LogP contribution in [-0.2, 0) is 4.79 Å². The quantitative estimate of drug-likeness (QED) is 0.860. The number of pyridine rings is 1. The zero-order chi connectivity index (χ0) is 16.2. The van der Waals surface area contributed by atoms with E-state index in [4.69, 9.17) is 1.37 Å². The zero-order valence-corrected chi connectivity index (χ0v) is 12.0. The van der Waals surface area contributed by atoms with Gasteiger partial charge in [0.2, 0.25) is 5.91 Å². The Bertz CT molecular complexity index is 859. The topological polar surface area (TPSA) is 66.7 Å². The zero-order valence-electron chi connectivity index (χ0n) is 13.0. The number of allylic oxidation sites excluding steroid dienone is 1. The van der Waals surface area contributed by atoms with Gasteiger partial charge in [-0.25, -0.2) is 4.52 Å². The predicted molar refractivity (Wildman–Crippen MR) is 80.0 cm³/mol. The smallest absolute Gasteiger partial charge is 0.257 e. The van der Waals surface area contributed by atoms with E-state index in [1.54, 1.807) is 27.7 Å². The fourth-order valence-corrected chi connectivity index (χ4v) is 3.41. The predicted octanol–water partition coefficient (Wildman–Crippen LogP) is 1.20. The van der Waals surface area contributed by atoms with Gasteiger partial charge in [-0.1, -0.05) is 12.6 Å². The van der Waals surface area contributed by atoms with Crippen LogP contribution in [-0.4, -0.2) is 39.4 Å². The number of likely N-dealkylation sites (tertiary alicyclic amines) is 1. The van der Waals surface area contributed by atoms with Crippen molar-refractivity contribution >= 4 is 17.3 Å². The second-order valence-electron chi connectivity index (χ2n) is 6.01. The molecule has 1 atom stereocenters. The fourth-order valence-electron chi connectivity index (χ4n) is 3.41.